The number of halogens is 1. The van der Waals surface area contributed by atoms with Gasteiger partial charge in [-0.2, -0.15) is 5.26 Å². The second kappa shape index (κ2) is 7.42. The van der Waals surface area contributed by atoms with Gasteiger partial charge in [-0.3, -0.25) is 4.79 Å². The number of allylic oxidation sites excluding steroid dienone is 1. The zero-order valence-corrected chi connectivity index (χ0v) is 14.5. The van der Waals surface area contributed by atoms with E-state index in [2.05, 4.69) is 0 Å². The molecular formula is C20H16ClNO3. The molecule has 3 rings (SSSR count). The van der Waals surface area contributed by atoms with Crippen molar-refractivity contribution in [3.8, 4) is 17.6 Å². The molecule has 1 aliphatic heterocycles. The van der Waals surface area contributed by atoms with Crippen LogP contribution in [0.4, 0.5) is 0 Å². The zero-order valence-electron chi connectivity index (χ0n) is 13.7. The molecule has 0 bridgehead atoms. The number of fused-ring (bicyclic) bond motifs is 1. The van der Waals surface area contributed by atoms with E-state index in [1.807, 2.05) is 25.1 Å². The molecule has 4 nitrogen and oxygen atoms in total. The Morgan fingerprint density at radius 3 is 2.76 bits per heavy atom. The zero-order chi connectivity index (χ0) is 17.8. The van der Waals surface area contributed by atoms with Crippen LogP contribution in [0, 0.1) is 18.3 Å². The van der Waals surface area contributed by atoms with Crippen molar-refractivity contribution in [1.29, 1.82) is 5.26 Å². The lowest BCUT2D eigenvalue weighted by Crippen LogP contribution is -2.04. The van der Waals surface area contributed by atoms with E-state index >= 15 is 0 Å². The molecule has 126 valence electrons. The number of aryl methyl sites for hydroxylation is 1. The van der Waals surface area contributed by atoms with Crippen molar-refractivity contribution < 1.29 is 14.3 Å². The summed E-state index contributed by atoms with van der Waals surface area (Å²) in [4.78, 5) is 12.7. The van der Waals surface area contributed by atoms with Gasteiger partial charge in [0.1, 0.15) is 11.6 Å². The van der Waals surface area contributed by atoms with Gasteiger partial charge in [0, 0.05) is 12.0 Å². The normalized spacial score (nSPS) is 13.7. The monoisotopic (exact) mass is 353 g/mol. The maximum atomic E-state index is 12.7. The molecule has 0 saturated heterocycles. The van der Waals surface area contributed by atoms with Gasteiger partial charge in [0.15, 0.2) is 11.5 Å². The van der Waals surface area contributed by atoms with Crippen molar-refractivity contribution in [2.24, 2.45) is 0 Å². The summed E-state index contributed by atoms with van der Waals surface area (Å²) in [6.45, 7) is 2.91. The molecule has 0 fully saturated rings. The first kappa shape index (κ1) is 17.1. The quantitative estimate of drug-likeness (QED) is 0.459. The van der Waals surface area contributed by atoms with Gasteiger partial charge in [-0.25, -0.2) is 0 Å². The van der Waals surface area contributed by atoms with Gasteiger partial charge in [-0.15, -0.1) is 0 Å². The number of nitrogens with zero attached hydrogens (tertiary/aromatic N) is 1. The van der Waals surface area contributed by atoms with Crippen LogP contribution in [0.3, 0.4) is 0 Å². The molecule has 5 heteroatoms. The summed E-state index contributed by atoms with van der Waals surface area (Å²) >= 11 is 6.27. The molecule has 25 heavy (non-hydrogen) atoms. The number of carbonyl (C=O) groups is 1. The fourth-order valence-corrected chi connectivity index (χ4v) is 2.90. The van der Waals surface area contributed by atoms with Crippen LogP contribution < -0.4 is 9.47 Å². The van der Waals surface area contributed by atoms with Gasteiger partial charge in [0.25, 0.3) is 0 Å². The fraction of sp³-hybridized carbons (Fsp3) is 0.200. The third kappa shape index (κ3) is 3.67. The molecule has 0 spiro atoms. The van der Waals surface area contributed by atoms with E-state index in [-0.39, 0.29) is 11.4 Å². The second-order valence-electron chi connectivity index (χ2n) is 5.69. The molecule has 0 atom stereocenters. The van der Waals surface area contributed by atoms with Crippen LogP contribution in [0.5, 0.6) is 11.5 Å². The van der Waals surface area contributed by atoms with E-state index in [0.29, 0.717) is 40.9 Å². The summed E-state index contributed by atoms with van der Waals surface area (Å²) in [6.07, 6.45) is 2.29. The Morgan fingerprint density at radius 2 is 2.00 bits per heavy atom. The first-order valence-electron chi connectivity index (χ1n) is 7.91. The highest BCUT2D eigenvalue weighted by Gasteiger charge is 2.17. The van der Waals surface area contributed by atoms with Crippen LogP contribution in [0.25, 0.3) is 6.08 Å². The molecule has 0 aromatic heterocycles. The van der Waals surface area contributed by atoms with Crippen LogP contribution in [-0.4, -0.2) is 19.0 Å². The number of ketones is 1. The van der Waals surface area contributed by atoms with Gasteiger partial charge in [0.05, 0.1) is 18.2 Å². The van der Waals surface area contributed by atoms with Crippen LogP contribution in [0.15, 0.2) is 42.0 Å². The van der Waals surface area contributed by atoms with Crippen molar-refractivity contribution in [3.05, 3.63) is 63.7 Å². The summed E-state index contributed by atoms with van der Waals surface area (Å²) in [5, 5.41) is 9.83. The predicted molar refractivity (Wildman–Crippen MR) is 96.2 cm³/mol. The Labute approximate surface area is 151 Å². The van der Waals surface area contributed by atoms with Gasteiger partial charge in [-0.1, -0.05) is 35.9 Å². The molecule has 0 amide bonds. The fourth-order valence-electron chi connectivity index (χ4n) is 2.62. The largest absolute Gasteiger partial charge is 0.489 e. The molecule has 0 unspecified atom stereocenters. The Balaban J connectivity index is 1.99. The third-order valence-electron chi connectivity index (χ3n) is 3.89. The number of Topliss-reactive ketones (excluding diaryl/α,β-unsaturated/α-hetero) is 1. The van der Waals surface area contributed by atoms with Gasteiger partial charge < -0.3 is 9.47 Å². The molecule has 0 radical (unpaired) electrons. The van der Waals surface area contributed by atoms with Crippen LogP contribution in [0.1, 0.15) is 27.9 Å². The van der Waals surface area contributed by atoms with E-state index < -0.39 is 0 Å². The maximum absolute atomic E-state index is 12.7. The molecular weight excluding hydrogens is 338 g/mol. The first-order chi connectivity index (χ1) is 12.1. The van der Waals surface area contributed by atoms with Crippen LogP contribution in [0.2, 0.25) is 5.02 Å². The molecule has 2 aromatic carbocycles. The third-order valence-corrected chi connectivity index (χ3v) is 4.17. The number of ether oxygens (including phenoxy) is 2. The Bertz CT molecular complexity index is 896. The Morgan fingerprint density at radius 1 is 1.24 bits per heavy atom. The van der Waals surface area contributed by atoms with Crippen molar-refractivity contribution in [3.63, 3.8) is 0 Å². The van der Waals surface area contributed by atoms with E-state index in [1.54, 1.807) is 24.3 Å². The number of hydrogen-bond acceptors (Lipinski definition) is 4. The van der Waals surface area contributed by atoms with E-state index in [0.717, 1.165) is 12.0 Å². The topological polar surface area (TPSA) is 59.3 Å². The van der Waals surface area contributed by atoms with Crippen molar-refractivity contribution in [1.82, 2.24) is 0 Å². The van der Waals surface area contributed by atoms with Crippen LogP contribution >= 0.6 is 11.6 Å². The molecule has 2 aromatic rings. The van der Waals surface area contributed by atoms with E-state index in [1.165, 1.54) is 6.08 Å². The number of nitriles is 1. The van der Waals surface area contributed by atoms with Crippen molar-refractivity contribution >= 4 is 23.5 Å². The Kier molecular flexibility index (Phi) is 5.06. The number of benzene rings is 2. The summed E-state index contributed by atoms with van der Waals surface area (Å²) in [7, 11) is 0. The lowest BCUT2D eigenvalue weighted by Gasteiger charge is -2.10. The first-order valence-corrected chi connectivity index (χ1v) is 8.29. The second-order valence-corrected chi connectivity index (χ2v) is 6.10. The standard InChI is InChI=1S/C20H16ClNO3/c1-13-5-2-3-6-16(13)19(23)15(12-22)9-14-10-17(21)20-18(11-14)24-7-4-8-25-20/h2-3,5-6,9-11H,4,7-8H2,1H3/b15-9+. The lowest BCUT2D eigenvalue weighted by atomic mass is 9.98. The SMILES string of the molecule is Cc1ccccc1C(=O)/C(C#N)=C/c1cc(Cl)c2c(c1)OCCCO2. The number of hydrogen-bond donors (Lipinski definition) is 0. The Hall–Kier alpha value is -2.77. The van der Waals surface area contributed by atoms with E-state index in [9.17, 15) is 10.1 Å². The minimum Gasteiger partial charge on any atom is -0.489 e. The highest BCUT2D eigenvalue weighted by Crippen LogP contribution is 2.38. The highest BCUT2D eigenvalue weighted by atomic mass is 35.5. The summed E-state index contributed by atoms with van der Waals surface area (Å²) in [6, 6.07) is 12.6. The maximum Gasteiger partial charge on any atom is 0.203 e. The highest BCUT2D eigenvalue weighted by molar-refractivity contribution is 6.32. The number of rotatable bonds is 3. The van der Waals surface area contributed by atoms with Crippen molar-refractivity contribution in [2.45, 2.75) is 13.3 Å². The molecule has 0 N–H and O–H groups in total. The number of carbonyl (C=O) groups excluding carboxylic acids is 1. The summed E-state index contributed by atoms with van der Waals surface area (Å²) in [5.74, 6) is 0.709. The van der Waals surface area contributed by atoms with E-state index in [4.69, 9.17) is 21.1 Å². The molecule has 1 heterocycles. The average molecular weight is 354 g/mol. The lowest BCUT2D eigenvalue weighted by molar-refractivity contribution is 0.103. The summed E-state index contributed by atoms with van der Waals surface area (Å²) < 4.78 is 11.2. The molecule has 0 saturated carbocycles. The van der Waals surface area contributed by atoms with Gasteiger partial charge >= 0.3 is 0 Å². The minimum atomic E-state index is -0.316. The van der Waals surface area contributed by atoms with Gasteiger partial charge in [0.2, 0.25) is 5.78 Å². The predicted octanol–water partition coefficient (Wildman–Crippen LogP) is 4.60. The van der Waals surface area contributed by atoms with Gasteiger partial charge in [-0.05, 0) is 36.3 Å². The molecule has 1 aliphatic rings. The van der Waals surface area contributed by atoms with Crippen molar-refractivity contribution in [2.75, 3.05) is 13.2 Å². The summed E-state index contributed by atoms with van der Waals surface area (Å²) in [5.41, 5.74) is 1.99. The average Bonchev–Trinajstić information content (AvgIpc) is 2.85. The smallest absolute Gasteiger partial charge is 0.203 e. The molecule has 0 aliphatic carbocycles. The minimum absolute atomic E-state index is 0.0415. The van der Waals surface area contributed by atoms with Crippen LogP contribution in [-0.2, 0) is 0 Å².